The highest BCUT2D eigenvalue weighted by Gasteiger charge is 2.49. The number of nitrogens with zero attached hydrogens (tertiary/aromatic N) is 1. The molecule has 0 bridgehead atoms. The van der Waals surface area contributed by atoms with Crippen LogP contribution in [0.3, 0.4) is 0 Å². The molecule has 2 aromatic rings. The van der Waals surface area contributed by atoms with E-state index >= 15 is 0 Å². The average molecular weight is 562 g/mol. The Hall–Kier alpha value is -2.18. The van der Waals surface area contributed by atoms with Crippen LogP contribution in [0.4, 0.5) is 26.3 Å². The first-order valence-electron chi connectivity index (χ1n) is 12.9. The Morgan fingerprint density at radius 3 is 2.03 bits per heavy atom. The van der Waals surface area contributed by atoms with Crippen LogP contribution in [0, 0.1) is 5.92 Å². The van der Waals surface area contributed by atoms with Gasteiger partial charge in [0.1, 0.15) is 6.23 Å². The molecule has 0 saturated carbocycles. The number of rotatable bonds is 6. The highest BCUT2D eigenvalue weighted by molar-refractivity contribution is 5.35. The molecule has 2 N–H and O–H groups in total. The largest absolute Gasteiger partial charge is 0.416 e. The lowest BCUT2D eigenvalue weighted by Crippen LogP contribution is -2.55. The number of ether oxygens (including phenoxy) is 2. The summed E-state index contributed by atoms with van der Waals surface area (Å²) in [6.07, 6.45) is -11.5. The summed E-state index contributed by atoms with van der Waals surface area (Å²) in [6.45, 7) is 4.19. The lowest BCUT2D eigenvalue weighted by Gasteiger charge is -2.50. The SMILES string of the molecule is CC(O)N1CCC(O)(C2CCO[C@H](O[C@H](C)c3cc(C(F)(F)F)cc(C(F)(F)F)c3)[C@@H]2c2ccccc2)CC1. The Balaban J connectivity index is 1.65. The summed E-state index contributed by atoms with van der Waals surface area (Å²) in [5.41, 5.74) is -3.45. The van der Waals surface area contributed by atoms with E-state index in [0.29, 0.717) is 44.5 Å². The molecule has 2 unspecified atom stereocenters. The van der Waals surface area contributed by atoms with Gasteiger partial charge in [0.2, 0.25) is 0 Å². The minimum atomic E-state index is -4.97. The fourth-order valence-electron chi connectivity index (χ4n) is 5.72. The van der Waals surface area contributed by atoms with Crippen molar-refractivity contribution in [3.8, 4) is 0 Å². The lowest BCUT2D eigenvalue weighted by atomic mass is 9.68. The summed E-state index contributed by atoms with van der Waals surface area (Å²) in [5, 5.41) is 21.7. The van der Waals surface area contributed by atoms with Crippen molar-refractivity contribution in [2.24, 2.45) is 5.92 Å². The molecule has 216 valence electrons. The first-order valence-corrected chi connectivity index (χ1v) is 12.9. The van der Waals surface area contributed by atoms with Gasteiger partial charge in [0.15, 0.2) is 6.29 Å². The second kappa shape index (κ2) is 11.4. The van der Waals surface area contributed by atoms with Crippen LogP contribution in [-0.2, 0) is 21.8 Å². The summed E-state index contributed by atoms with van der Waals surface area (Å²) in [5.74, 6) is -0.882. The molecule has 2 aliphatic rings. The van der Waals surface area contributed by atoms with Gasteiger partial charge in [0.25, 0.3) is 0 Å². The van der Waals surface area contributed by atoms with Crippen LogP contribution in [-0.4, -0.2) is 52.9 Å². The Kier molecular flexibility index (Phi) is 8.68. The van der Waals surface area contributed by atoms with Crippen molar-refractivity contribution in [2.75, 3.05) is 19.7 Å². The fourth-order valence-corrected chi connectivity index (χ4v) is 5.72. The summed E-state index contributed by atoms with van der Waals surface area (Å²) in [7, 11) is 0. The molecule has 2 aromatic carbocycles. The molecule has 39 heavy (non-hydrogen) atoms. The monoisotopic (exact) mass is 561 g/mol. The maximum Gasteiger partial charge on any atom is 0.416 e. The number of likely N-dealkylation sites (tertiary alicyclic amines) is 1. The Morgan fingerprint density at radius 1 is 0.949 bits per heavy atom. The van der Waals surface area contributed by atoms with Crippen LogP contribution in [0.2, 0.25) is 0 Å². The van der Waals surface area contributed by atoms with Crippen LogP contribution in [0.15, 0.2) is 48.5 Å². The predicted molar refractivity (Wildman–Crippen MR) is 130 cm³/mol. The van der Waals surface area contributed by atoms with Crippen LogP contribution in [0.1, 0.15) is 67.4 Å². The highest BCUT2D eigenvalue weighted by atomic mass is 19.4. The van der Waals surface area contributed by atoms with Gasteiger partial charge in [-0.15, -0.1) is 0 Å². The van der Waals surface area contributed by atoms with Gasteiger partial charge in [-0.05, 0) is 62.4 Å². The van der Waals surface area contributed by atoms with Crippen LogP contribution < -0.4 is 0 Å². The van der Waals surface area contributed by atoms with E-state index in [1.165, 1.54) is 6.92 Å². The number of piperidine rings is 1. The van der Waals surface area contributed by atoms with Gasteiger partial charge in [-0.2, -0.15) is 26.3 Å². The van der Waals surface area contributed by atoms with Crippen molar-refractivity contribution < 1.29 is 46.0 Å². The highest BCUT2D eigenvalue weighted by Crippen LogP contribution is 2.47. The van der Waals surface area contributed by atoms with E-state index in [-0.39, 0.29) is 24.2 Å². The van der Waals surface area contributed by atoms with E-state index in [2.05, 4.69) is 0 Å². The van der Waals surface area contributed by atoms with Gasteiger partial charge in [0, 0.05) is 24.9 Å². The Bertz CT molecular complexity index is 1070. The molecule has 2 saturated heterocycles. The molecule has 5 nitrogen and oxygen atoms in total. The maximum atomic E-state index is 13.4. The Morgan fingerprint density at radius 2 is 1.51 bits per heavy atom. The van der Waals surface area contributed by atoms with Gasteiger partial charge in [-0.25, -0.2) is 0 Å². The van der Waals surface area contributed by atoms with Gasteiger partial charge in [-0.1, -0.05) is 30.3 Å². The molecule has 0 amide bonds. The van der Waals surface area contributed by atoms with Crippen LogP contribution in [0.25, 0.3) is 0 Å². The molecule has 0 spiro atoms. The van der Waals surface area contributed by atoms with E-state index < -0.39 is 53.6 Å². The van der Waals surface area contributed by atoms with Crippen molar-refractivity contribution in [3.05, 3.63) is 70.8 Å². The first kappa shape index (κ1) is 29.8. The predicted octanol–water partition coefficient (Wildman–Crippen LogP) is 6.11. The zero-order chi connectivity index (χ0) is 28.6. The van der Waals surface area contributed by atoms with E-state index in [4.69, 9.17) is 9.47 Å². The topological polar surface area (TPSA) is 62.2 Å². The van der Waals surface area contributed by atoms with Crippen molar-refractivity contribution in [3.63, 3.8) is 0 Å². The third-order valence-electron chi connectivity index (χ3n) is 7.92. The third kappa shape index (κ3) is 6.77. The number of aliphatic hydroxyl groups excluding tert-OH is 1. The Labute approximate surface area is 223 Å². The number of alkyl halides is 6. The average Bonchev–Trinajstić information content (AvgIpc) is 2.88. The molecular weight excluding hydrogens is 528 g/mol. The van der Waals surface area contributed by atoms with Crippen molar-refractivity contribution in [1.29, 1.82) is 0 Å². The second-order valence-corrected chi connectivity index (χ2v) is 10.5. The normalized spacial score (nSPS) is 26.3. The van der Waals surface area contributed by atoms with Gasteiger partial charge < -0.3 is 19.7 Å². The molecule has 2 aliphatic heterocycles. The van der Waals surface area contributed by atoms with E-state index in [9.17, 15) is 36.6 Å². The van der Waals surface area contributed by atoms with Gasteiger partial charge in [-0.3, -0.25) is 4.90 Å². The summed E-state index contributed by atoms with van der Waals surface area (Å²) >= 11 is 0. The van der Waals surface area contributed by atoms with Crippen LogP contribution in [0.5, 0.6) is 0 Å². The molecule has 4 rings (SSSR count). The second-order valence-electron chi connectivity index (χ2n) is 10.5. The number of halogens is 6. The third-order valence-corrected chi connectivity index (χ3v) is 7.92. The molecule has 2 heterocycles. The molecule has 0 aliphatic carbocycles. The van der Waals surface area contributed by atoms with Gasteiger partial charge >= 0.3 is 12.4 Å². The fraction of sp³-hybridized carbons (Fsp3) is 0.571. The molecular formula is C28H33F6NO4. The number of benzene rings is 2. The van der Waals surface area contributed by atoms with Crippen LogP contribution >= 0.6 is 0 Å². The van der Waals surface area contributed by atoms with E-state index in [0.717, 1.165) is 5.56 Å². The quantitative estimate of drug-likeness (QED) is 0.417. The molecule has 2 fully saturated rings. The number of hydrogen-bond acceptors (Lipinski definition) is 5. The molecule has 0 radical (unpaired) electrons. The van der Waals surface area contributed by atoms with Gasteiger partial charge in [0.05, 0.1) is 29.4 Å². The number of aliphatic hydroxyl groups is 2. The van der Waals surface area contributed by atoms with Crippen molar-refractivity contribution in [1.82, 2.24) is 4.90 Å². The summed E-state index contributed by atoms with van der Waals surface area (Å²) in [6, 6.07) is 10.5. The molecule has 0 aromatic heterocycles. The van der Waals surface area contributed by atoms with E-state index in [1.54, 1.807) is 6.92 Å². The molecule has 5 atom stereocenters. The minimum Gasteiger partial charge on any atom is -0.389 e. The smallest absolute Gasteiger partial charge is 0.389 e. The zero-order valence-electron chi connectivity index (χ0n) is 21.7. The minimum absolute atomic E-state index is 0.0885. The maximum absolute atomic E-state index is 13.4. The van der Waals surface area contributed by atoms with E-state index in [1.807, 2.05) is 35.2 Å². The number of hydrogen-bond donors (Lipinski definition) is 2. The standard InChI is InChI=1S/C28H33F6NO4/c1-17(20-14-21(27(29,30)31)16-22(15-20)28(32,33)34)39-25-24(19-6-4-3-5-7-19)23(8-13-38-25)26(37)9-11-35(12-10-26)18(2)36/h3-7,14-18,23-25,36-37H,8-13H2,1-2H3/t17-,18?,23?,24-,25-/m1/s1. The molecule has 11 heteroatoms. The van der Waals surface area contributed by atoms with Crippen molar-refractivity contribution >= 4 is 0 Å². The first-order chi connectivity index (χ1) is 18.2. The lowest BCUT2D eigenvalue weighted by molar-refractivity contribution is -0.233. The zero-order valence-corrected chi connectivity index (χ0v) is 21.7. The van der Waals surface area contributed by atoms with Crippen molar-refractivity contribution in [2.45, 2.75) is 75.6 Å². The summed E-state index contributed by atoms with van der Waals surface area (Å²) < 4.78 is 92.6. The summed E-state index contributed by atoms with van der Waals surface area (Å²) in [4.78, 5) is 1.85.